The fourth-order valence-corrected chi connectivity index (χ4v) is 1.10. The molecule has 16 heavy (non-hydrogen) atoms. The van der Waals surface area contributed by atoms with E-state index in [-0.39, 0.29) is 18.9 Å². The maximum absolute atomic E-state index is 11.4. The van der Waals surface area contributed by atoms with Crippen LogP contribution in [0.15, 0.2) is 24.5 Å². The second-order valence-corrected chi connectivity index (χ2v) is 3.58. The number of aliphatic carboxylic acids is 1. The molecule has 0 saturated heterocycles. The van der Waals surface area contributed by atoms with Crippen LogP contribution in [0.3, 0.4) is 0 Å². The largest absolute Gasteiger partial charge is 0.481 e. The Hall–Kier alpha value is -1.91. The first-order valence-corrected chi connectivity index (χ1v) is 4.98. The normalized spacial score (nSPS) is 11.8. The minimum atomic E-state index is -0.913. The lowest BCUT2D eigenvalue weighted by atomic mass is 10.1. The van der Waals surface area contributed by atoms with Crippen LogP contribution in [-0.2, 0) is 16.0 Å². The van der Waals surface area contributed by atoms with Gasteiger partial charge in [-0.2, -0.15) is 0 Å². The number of rotatable bonds is 5. The van der Waals surface area contributed by atoms with Gasteiger partial charge in [0.2, 0.25) is 5.91 Å². The SMILES string of the molecule is CC(CNC(=O)Cc1ccncc1)C(=O)O. The third-order valence-corrected chi connectivity index (χ3v) is 2.14. The molecule has 5 nitrogen and oxygen atoms in total. The van der Waals surface area contributed by atoms with Crippen LogP contribution in [0.4, 0.5) is 0 Å². The lowest BCUT2D eigenvalue weighted by molar-refractivity contribution is -0.141. The summed E-state index contributed by atoms with van der Waals surface area (Å²) in [5.74, 6) is -1.66. The van der Waals surface area contributed by atoms with Crippen molar-refractivity contribution in [2.45, 2.75) is 13.3 Å². The molecule has 1 rings (SSSR count). The van der Waals surface area contributed by atoms with Crippen LogP contribution in [0.1, 0.15) is 12.5 Å². The molecule has 0 aromatic carbocycles. The fraction of sp³-hybridized carbons (Fsp3) is 0.364. The standard InChI is InChI=1S/C11H14N2O3/c1-8(11(15)16)7-13-10(14)6-9-2-4-12-5-3-9/h2-5,8H,6-7H2,1H3,(H,13,14)(H,15,16). The van der Waals surface area contributed by atoms with Gasteiger partial charge in [0.25, 0.3) is 0 Å². The smallest absolute Gasteiger partial charge is 0.308 e. The van der Waals surface area contributed by atoms with Crippen LogP contribution in [0, 0.1) is 5.92 Å². The summed E-state index contributed by atoms with van der Waals surface area (Å²) in [6.07, 6.45) is 3.47. The summed E-state index contributed by atoms with van der Waals surface area (Å²) in [7, 11) is 0. The monoisotopic (exact) mass is 222 g/mol. The van der Waals surface area contributed by atoms with E-state index < -0.39 is 11.9 Å². The van der Waals surface area contributed by atoms with Gasteiger partial charge in [0.1, 0.15) is 0 Å². The quantitative estimate of drug-likeness (QED) is 0.758. The molecule has 0 bridgehead atoms. The highest BCUT2D eigenvalue weighted by atomic mass is 16.4. The summed E-state index contributed by atoms with van der Waals surface area (Å²) in [5.41, 5.74) is 0.857. The summed E-state index contributed by atoms with van der Waals surface area (Å²) in [6.45, 7) is 1.70. The van der Waals surface area contributed by atoms with Crippen LogP contribution < -0.4 is 5.32 Å². The number of aromatic nitrogens is 1. The Kier molecular flexibility index (Phi) is 4.44. The molecule has 0 aliphatic heterocycles. The highest BCUT2D eigenvalue weighted by Gasteiger charge is 2.12. The van der Waals surface area contributed by atoms with Crippen molar-refractivity contribution in [3.63, 3.8) is 0 Å². The first-order valence-electron chi connectivity index (χ1n) is 4.98. The number of pyridine rings is 1. The van der Waals surface area contributed by atoms with E-state index in [2.05, 4.69) is 10.3 Å². The Morgan fingerprint density at radius 1 is 1.44 bits per heavy atom. The van der Waals surface area contributed by atoms with Crippen molar-refractivity contribution in [3.05, 3.63) is 30.1 Å². The van der Waals surface area contributed by atoms with E-state index in [1.807, 2.05) is 0 Å². The molecule has 0 fully saturated rings. The molecule has 0 aliphatic carbocycles. The fourth-order valence-electron chi connectivity index (χ4n) is 1.10. The van der Waals surface area contributed by atoms with E-state index in [4.69, 9.17) is 5.11 Å². The van der Waals surface area contributed by atoms with Gasteiger partial charge in [-0.1, -0.05) is 6.92 Å². The molecular formula is C11H14N2O3. The van der Waals surface area contributed by atoms with Gasteiger partial charge in [0.15, 0.2) is 0 Å². The summed E-state index contributed by atoms with van der Waals surface area (Å²) < 4.78 is 0. The molecule has 0 radical (unpaired) electrons. The van der Waals surface area contributed by atoms with E-state index in [0.717, 1.165) is 5.56 Å². The molecule has 1 heterocycles. The Morgan fingerprint density at radius 2 is 2.06 bits per heavy atom. The molecule has 5 heteroatoms. The lowest BCUT2D eigenvalue weighted by Crippen LogP contribution is -2.32. The summed E-state index contributed by atoms with van der Waals surface area (Å²) in [4.78, 5) is 25.8. The van der Waals surface area contributed by atoms with E-state index >= 15 is 0 Å². The number of amides is 1. The molecule has 1 aromatic rings. The number of carboxylic acid groups (broad SMARTS) is 1. The number of nitrogens with zero attached hydrogens (tertiary/aromatic N) is 1. The maximum Gasteiger partial charge on any atom is 0.308 e. The number of carboxylic acids is 1. The van der Waals surface area contributed by atoms with Crippen molar-refractivity contribution in [2.75, 3.05) is 6.54 Å². The predicted molar refractivity (Wildman–Crippen MR) is 57.8 cm³/mol. The number of carbonyl (C=O) groups excluding carboxylic acids is 1. The predicted octanol–water partition coefficient (Wildman–Crippen LogP) is 0.461. The molecule has 0 spiro atoms. The zero-order valence-corrected chi connectivity index (χ0v) is 9.01. The Labute approximate surface area is 93.5 Å². The molecule has 86 valence electrons. The molecular weight excluding hydrogens is 208 g/mol. The first-order chi connectivity index (χ1) is 7.59. The minimum absolute atomic E-state index is 0.152. The third-order valence-electron chi connectivity index (χ3n) is 2.14. The van der Waals surface area contributed by atoms with Gasteiger partial charge in [-0.05, 0) is 17.7 Å². The van der Waals surface area contributed by atoms with Crippen LogP contribution >= 0.6 is 0 Å². The maximum atomic E-state index is 11.4. The number of nitrogens with one attached hydrogen (secondary N) is 1. The van der Waals surface area contributed by atoms with Gasteiger partial charge in [-0.15, -0.1) is 0 Å². The van der Waals surface area contributed by atoms with Gasteiger partial charge < -0.3 is 10.4 Å². The Bertz CT molecular complexity index is 365. The van der Waals surface area contributed by atoms with Gasteiger partial charge in [-0.25, -0.2) is 0 Å². The molecule has 1 aromatic heterocycles. The number of carbonyl (C=O) groups is 2. The second-order valence-electron chi connectivity index (χ2n) is 3.58. The molecule has 1 unspecified atom stereocenters. The number of hydrogen-bond donors (Lipinski definition) is 2. The highest BCUT2D eigenvalue weighted by Crippen LogP contribution is 1.98. The molecule has 0 saturated carbocycles. The van der Waals surface area contributed by atoms with Crippen molar-refractivity contribution in [1.29, 1.82) is 0 Å². The summed E-state index contributed by atoms with van der Waals surface area (Å²) >= 11 is 0. The van der Waals surface area contributed by atoms with Crippen molar-refractivity contribution in [1.82, 2.24) is 10.3 Å². The topological polar surface area (TPSA) is 79.3 Å². The van der Waals surface area contributed by atoms with Gasteiger partial charge in [-0.3, -0.25) is 14.6 Å². The van der Waals surface area contributed by atoms with Crippen LogP contribution in [0.25, 0.3) is 0 Å². The average Bonchev–Trinajstić information content (AvgIpc) is 2.27. The van der Waals surface area contributed by atoms with Crippen molar-refractivity contribution in [2.24, 2.45) is 5.92 Å². The zero-order chi connectivity index (χ0) is 12.0. The average molecular weight is 222 g/mol. The first kappa shape index (κ1) is 12.2. The van der Waals surface area contributed by atoms with Gasteiger partial charge in [0.05, 0.1) is 12.3 Å². The molecule has 1 amide bonds. The highest BCUT2D eigenvalue weighted by molar-refractivity contribution is 5.79. The van der Waals surface area contributed by atoms with Crippen LogP contribution in [0.5, 0.6) is 0 Å². The Balaban J connectivity index is 2.35. The molecule has 1 atom stereocenters. The van der Waals surface area contributed by atoms with E-state index in [0.29, 0.717) is 0 Å². The van der Waals surface area contributed by atoms with Gasteiger partial charge in [0, 0.05) is 18.9 Å². The lowest BCUT2D eigenvalue weighted by Gasteiger charge is -2.08. The van der Waals surface area contributed by atoms with Crippen molar-refractivity contribution >= 4 is 11.9 Å². The molecule has 0 aliphatic rings. The minimum Gasteiger partial charge on any atom is -0.481 e. The van der Waals surface area contributed by atoms with E-state index in [1.165, 1.54) is 0 Å². The third kappa shape index (κ3) is 4.08. The number of hydrogen-bond acceptors (Lipinski definition) is 3. The molecule has 2 N–H and O–H groups in total. The van der Waals surface area contributed by atoms with Crippen LogP contribution in [0.2, 0.25) is 0 Å². The van der Waals surface area contributed by atoms with E-state index in [1.54, 1.807) is 31.5 Å². The van der Waals surface area contributed by atoms with E-state index in [9.17, 15) is 9.59 Å². The zero-order valence-electron chi connectivity index (χ0n) is 9.01. The summed E-state index contributed by atoms with van der Waals surface area (Å²) in [5, 5.41) is 11.2. The summed E-state index contributed by atoms with van der Waals surface area (Å²) in [6, 6.07) is 3.50. The van der Waals surface area contributed by atoms with Crippen molar-refractivity contribution < 1.29 is 14.7 Å². The van der Waals surface area contributed by atoms with Crippen molar-refractivity contribution in [3.8, 4) is 0 Å². The van der Waals surface area contributed by atoms with Gasteiger partial charge >= 0.3 is 5.97 Å². The van der Waals surface area contributed by atoms with Crippen LogP contribution in [-0.4, -0.2) is 28.5 Å². The second kappa shape index (κ2) is 5.85. The Morgan fingerprint density at radius 3 is 2.62 bits per heavy atom.